The van der Waals surface area contributed by atoms with Crippen LogP contribution in [0, 0.1) is 6.92 Å². The standard InChI is InChI=1S/C17H13N5OS2/c1-11-15(25-17(20-11)12-6-7-24-8-12)16(23)21-13-4-2-3-5-14(13)22-10-18-9-19-22/h2-10H,1H3,(H,21,23). The Kier molecular flexibility index (Phi) is 4.12. The minimum absolute atomic E-state index is 0.177. The molecule has 3 aromatic heterocycles. The number of nitrogens with one attached hydrogen (secondary N) is 1. The van der Waals surface area contributed by atoms with Crippen molar-refractivity contribution in [1.82, 2.24) is 19.7 Å². The molecule has 6 nitrogen and oxygen atoms in total. The Morgan fingerprint density at radius 3 is 2.88 bits per heavy atom. The molecule has 0 atom stereocenters. The van der Waals surface area contributed by atoms with Crippen LogP contribution in [0.2, 0.25) is 0 Å². The normalized spacial score (nSPS) is 10.8. The molecule has 0 bridgehead atoms. The molecule has 0 aliphatic carbocycles. The van der Waals surface area contributed by atoms with Crippen LogP contribution in [0.15, 0.2) is 53.7 Å². The first-order chi connectivity index (χ1) is 12.2. The van der Waals surface area contributed by atoms with Crippen LogP contribution in [0.1, 0.15) is 15.4 Å². The average molecular weight is 367 g/mol. The molecule has 3 heterocycles. The number of carbonyl (C=O) groups is 1. The molecular weight excluding hydrogens is 354 g/mol. The first-order valence-corrected chi connectivity index (χ1v) is 9.23. The third-order valence-corrected chi connectivity index (χ3v) is 5.48. The van der Waals surface area contributed by atoms with E-state index < -0.39 is 0 Å². The van der Waals surface area contributed by atoms with Crippen LogP contribution in [0.5, 0.6) is 0 Å². The zero-order valence-corrected chi connectivity index (χ0v) is 14.8. The molecular formula is C17H13N5OS2. The van der Waals surface area contributed by atoms with Gasteiger partial charge in [-0.05, 0) is 30.5 Å². The smallest absolute Gasteiger partial charge is 0.267 e. The lowest BCUT2D eigenvalue weighted by Gasteiger charge is -2.10. The van der Waals surface area contributed by atoms with Crippen molar-refractivity contribution in [2.45, 2.75) is 6.92 Å². The summed E-state index contributed by atoms with van der Waals surface area (Å²) in [5.41, 5.74) is 3.19. The summed E-state index contributed by atoms with van der Waals surface area (Å²) < 4.78 is 1.62. The van der Waals surface area contributed by atoms with Gasteiger partial charge < -0.3 is 5.32 Å². The molecule has 0 fully saturated rings. The summed E-state index contributed by atoms with van der Waals surface area (Å²) in [5.74, 6) is -0.177. The van der Waals surface area contributed by atoms with E-state index in [-0.39, 0.29) is 5.91 Å². The van der Waals surface area contributed by atoms with Crippen LogP contribution in [0.25, 0.3) is 16.3 Å². The van der Waals surface area contributed by atoms with Crippen LogP contribution in [-0.2, 0) is 0 Å². The summed E-state index contributed by atoms with van der Waals surface area (Å²) in [7, 11) is 0. The molecule has 4 aromatic rings. The van der Waals surface area contributed by atoms with Crippen molar-refractivity contribution in [3.05, 3.63) is 64.3 Å². The summed E-state index contributed by atoms with van der Waals surface area (Å²) in [4.78, 5) is 21.8. The van der Waals surface area contributed by atoms with E-state index in [1.165, 1.54) is 17.7 Å². The molecule has 0 aliphatic heterocycles. The highest BCUT2D eigenvalue weighted by molar-refractivity contribution is 7.17. The predicted molar refractivity (Wildman–Crippen MR) is 99.5 cm³/mol. The van der Waals surface area contributed by atoms with Crippen molar-refractivity contribution in [2.75, 3.05) is 5.32 Å². The first kappa shape index (κ1) is 15.7. The van der Waals surface area contributed by atoms with E-state index in [1.807, 2.05) is 48.0 Å². The van der Waals surface area contributed by atoms with Gasteiger partial charge in [0.05, 0.1) is 17.1 Å². The molecule has 124 valence electrons. The van der Waals surface area contributed by atoms with Crippen molar-refractivity contribution in [1.29, 1.82) is 0 Å². The van der Waals surface area contributed by atoms with E-state index in [2.05, 4.69) is 20.4 Å². The van der Waals surface area contributed by atoms with E-state index in [0.29, 0.717) is 10.6 Å². The SMILES string of the molecule is Cc1nc(-c2ccsc2)sc1C(=O)Nc1ccccc1-n1cncn1. The predicted octanol–water partition coefficient (Wildman–Crippen LogP) is 4.01. The number of benzene rings is 1. The number of para-hydroxylation sites is 2. The summed E-state index contributed by atoms with van der Waals surface area (Å²) >= 11 is 3.01. The van der Waals surface area contributed by atoms with Crippen LogP contribution in [-0.4, -0.2) is 25.7 Å². The maximum absolute atomic E-state index is 12.8. The Morgan fingerprint density at radius 1 is 1.24 bits per heavy atom. The Labute approximate surface area is 151 Å². The number of carbonyl (C=O) groups excluding carboxylic acids is 1. The number of amides is 1. The fourth-order valence-electron chi connectivity index (χ4n) is 2.41. The van der Waals surface area contributed by atoms with Crippen LogP contribution in [0.3, 0.4) is 0 Å². The van der Waals surface area contributed by atoms with Crippen molar-refractivity contribution in [2.24, 2.45) is 0 Å². The molecule has 0 saturated carbocycles. The second-order valence-electron chi connectivity index (χ2n) is 5.26. The maximum Gasteiger partial charge on any atom is 0.267 e. The lowest BCUT2D eigenvalue weighted by molar-refractivity contribution is 0.103. The van der Waals surface area contributed by atoms with E-state index in [0.717, 1.165) is 22.0 Å². The molecule has 0 spiro atoms. The minimum Gasteiger partial charge on any atom is -0.319 e. The highest BCUT2D eigenvalue weighted by Crippen LogP contribution is 2.30. The van der Waals surface area contributed by atoms with E-state index in [1.54, 1.807) is 22.3 Å². The largest absolute Gasteiger partial charge is 0.319 e. The second-order valence-corrected chi connectivity index (χ2v) is 7.04. The molecule has 25 heavy (non-hydrogen) atoms. The van der Waals surface area contributed by atoms with Gasteiger partial charge in [-0.2, -0.15) is 16.4 Å². The van der Waals surface area contributed by atoms with Crippen molar-refractivity contribution in [3.8, 4) is 16.3 Å². The van der Waals surface area contributed by atoms with Crippen molar-refractivity contribution < 1.29 is 4.79 Å². The fraction of sp³-hybridized carbons (Fsp3) is 0.0588. The molecule has 1 amide bonds. The van der Waals surface area contributed by atoms with E-state index in [4.69, 9.17) is 0 Å². The van der Waals surface area contributed by atoms with Crippen LogP contribution < -0.4 is 5.32 Å². The van der Waals surface area contributed by atoms with E-state index >= 15 is 0 Å². The molecule has 0 radical (unpaired) electrons. The summed E-state index contributed by atoms with van der Waals surface area (Å²) in [6.07, 6.45) is 3.05. The maximum atomic E-state index is 12.8. The van der Waals surface area contributed by atoms with Crippen molar-refractivity contribution in [3.63, 3.8) is 0 Å². The summed E-state index contributed by atoms with van der Waals surface area (Å²) in [5, 5.41) is 12.0. The Balaban J connectivity index is 1.64. The number of aryl methyl sites for hydroxylation is 1. The van der Waals surface area contributed by atoms with Crippen molar-refractivity contribution >= 4 is 34.3 Å². The number of nitrogens with zero attached hydrogens (tertiary/aromatic N) is 4. The van der Waals surface area contributed by atoms with Gasteiger partial charge in [0.2, 0.25) is 0 Å². The monoisotopic (exact) mass is 367 g/mol. The van der Waals surface area contributed by atoms with Gasteiger partial charge in [0.1, 0.15) is 22.5 Å². The lowest BCUT2D eigenvalue weighted by atomic mass is 10.2. The second kappa shape index (κ2) is 6.58. The van der Waals surface area contributed by atoms with Gasteiger partial charge in [-0.3, -0.25) is 4.79 Å². The molecule has 4 rings (SSSR count). The zero-order chi connectivity index (χ0) is 17.2. The number of anilines is 1. The van der Waals surface area contributed by atoms with Crippen LogP contribution >= 0.6 is 22.7 Å². The third-order valence-electron chi connectivity index (χ3n) is 3.59. The number of rotatable bonds is 4. The van der Waals surface area contributed by atoms with Gasteiger partial charge >= 0.3 is 0 Å². The number of hydrogen-bond acceptors (Lipinski definition) is 6. The van der Waals surface area contributed by atoms with Gasteiger partial charge in [0.25, 0.3) is 5.91 Å². The summed E-state index contributed by atoms with van der Waals surface area (Å²) in [6.45, 7) is 1.85. The average Bonchev–Trinajstić information content (AvgIpc) is 3.37. The van der Waals surface area contributed by atoms with Gasteiger partial charge in [-0.25, -0.2) is 14.6 Å². The first-order valence-electron chi connectivity index (χ1n) is 7.48. The van der Waals surface area contributed by atoms with Gasteiger partial charge in [-0.15, -0.1) is 11.3 Å². The lowest BCUT2D eigenvalue weighted by Crippen LogP contribution is -2.13. The minimum atomic E-state index is -0.177. The highest BCUT2D eigenvalue weighted by atomic mass is 32.1. The van der Waals surface area contributed by atoms with Gasteiger partial charge in [0.15, 0.2) is 0 Å². The fourth-order valence-corrected chi connectivity index (χ4v) is 4.08. The Bertz CT molecular complexity index is 1010. The van der Waals surface area contributed by atoms with Gasteiger partial charge in [0, 0.05) is 10.9 Å². The highest BCUT2D eigenvalue weighted by Gasteiger charge is 2.18. The topological polar surface area (TPSA) is 72.7 Å². The number of hydrogen-bond donors (Lipinski definition) is 1. The molecule has 1 N–H and O–H groups in total. The Morgan fingerprint density at radius 2 is 2.12 bits per heavy atom. The van der Waals surface area contributed by atoms with E-state index in [9.17, 15) is 4.79 Å². The molecule has 1 aromatic carbocycles. The quantitative estimate of drug-likeness (QED) is 0.591. The molecule has 8 heteroatoms. The molecule has 0 saturated heterocycles. The molecule has 0 unspecified atom stereocenters. The van der Waals surface area contributed by atoms with Gasteiger partial charge in [-0.1, -0.05) is 12.1 Å². The number of thiazole rings is 1. The van der Waals surface area contributed by atoms with Crippen LogP contribution in [0.4, 0.5) is 5.69 Å². The molecule has 0 aliphatic rings. The summed E-state index contributed by atoms with van der Waals surface area (Å²) in [6, 6.07) is 9.47. The number of aromatic nitrogens is 4. The third kappa shape index (κ3) is 3.09. The zero-order valence-electron chi connectivity index (χ0n) is 13.2. The number of thiophene rings is 1. The Hall–Kier alpha value is -2.84.